The summed E-state index contributed by atoms with van der Waals surface area (Å²) in [5, 5.41) is 2.78. The van der Waals surface area contributed by atoms with E-state index in [9.17, 15) is 14.0 Å². The van der Waals surface area contributed by atoms with Crippen molar-refractivity contribution in [2.75, 3.05) is 13.1 Å². The van der Waals surface area contributed by atoms with Gasteiger partial charge < -0.3 is 10.2 Å². The zero-order valence-corrected chi connectivity index (χ0v) is 16.6. The van der Waals surface area contributed by atoms with E-state index < -0.39 is 5.41 Å². The molecule has 0 unspecified atom stereocenters. The molecule has 2 aliphatic rings. The van der Waals surface area contributed by atoms with Gasteiger partial charge in [0.25, 0.3) is 0 Å². The molecule has 4 nitrogen and oxygen atoms in total. The molecule has 1 aliphatic carbocycles. The first-order valence-corrected chi connectivity index (χ1v) is 10.4. The van der Waals surface area contributed by atoms with Crippen molar-refractivity contribution in [1.82, 2.24) is 10.2 Å². The number of carbonyl (C=O) groups excluding carboxylic acids is 2. The van der Waals surface area contributed by atoms with Crippen LogP contribution in [0.1, 0.15) is 36.8 Å². The maximum absolute atomic E-state index is 13.8. The van der Waals surface area contributed by atoms with Gasteiger partial charge in [0.15, 0.2) is 0 Å². The molecular formula is C24H27FN2O2. The van der Waals surface area contributed by atoms with Crippen molar-refractivity contribution in [1.29, 1.82) is 0 Å². The van der Waals surface area contributed by atoms with Crippen LogP contribution in [0.2, 0.25) is 0 Å². The van der Waals surface area contributed by atoms with Gasteiger partial charge in [-0.25, -0.2) is 4.39 Å². The van der Waals surface area contributed by atoms with Crippen molar-refractivity contribution < 1.29 is 14.0 Å². The molecule has 2 aromatic rings. The summed E-state index contributed by atoms with van der Waals surface area (Å²) in [6.07, 6.45) is 4.13. The Labute approximate surface area is 171 Å². The molecule has 0 bridgehead atoms. The fraction of sp³-hybridized carbons (Fsp3) is 0.417. The molecule has 5 heteroatoms. The van der Waals surface area contributed by atoms with E-state index in [1.165, 1.54) is 11.6 Å². The molecule has 1 saturated heterocycles. The SMILES string of the molecule is O=C(NCc1ccccc1F)C1(C(=O)N2CCC(Cc3ccccc3)CC2)CC1. The lowest BCUT2D eigenvalue weighted by Crippen LogP contribution is -2.48. The maximum Gasteiger partial charge on any atom is 0.238 e. The maximum atomic E-state index is 13.8. The van der Waals surface area contributed by atoms with Crippen LogP contribution < -0.4 is 5.32 Å². The predicted molar refractivity (Wildman–Crippen MR) is 109 cm³/mol. The van der Waals surface area contributed by atoms with Gasteiger partial charge in [0.05, 0.1) is 0 Å². The highest BCUT2D eigenvalue weighted by Crippen LogP contribution is 2.48. The first kappa shape index (κ1) is 19.6. The second kappa shape index (κ2) is 8.36. The number of amides is 2. The molecule has 0 aromatic heterocycles. The summed E-state index contributed by atoms with van der Waals surface area (Å²) < 4.78 is 13.8. The third-order valence-corrected chi connectivity index (χ3v) is 6.26. The minimum atomic E-state index is -0.933. The molecule has 0 atom stereocenters. The Hall–Kier alpha value is -2.69. The molecule has 1 saturated carbocycles. The number of likely N-dealkylation sites (tertiary alicyclic amines) is 1. The molecule has 1 heterocycles. The van der Waals surface area contributed by atoms with Crippen LogP contribution in [0.3, 0.4) is 0 Å². The fourth-order valence-electron chi connectivity index (χ4n) is 4.24. The number of benzene rings is 2. The Bertz CT molecular complexity index is 871. The summed E-state index contributed by atoms with van der Waals surface area (Å²) >= 11 is 0. The zero-order valence-electron chi connectivity index (χ0n) is 16.6. The molecule has 2 fully saturated rings. The van der Waals surface area contributed by atoms with E-state index in [2.05, 4.69) is 29.6 Å². The van der Waals surface area contributed by atoms with Crippen molar-refractivity contribution in [3.63, 3.8) is 0 Å². The summed E-state index contributed by atoms with van der Waals surface area (Å²) in [5.41, 5.74) is 0.839. The number of nitrogens with zero attached hydrogens (tertiary/aromatic N) is 1. The van der Waals surface area contributed by atoms with E-state index in [4.69, 9.17) is 0 Å². The minimum Gasteiger partial charge on any atom is -0.351 e. The van der Waals surface area contributed by atoms with Crippen molar-refractivity contribution in [2.45, 2.75) is 38.6 Å². The number of nitrogens with one attached hydrogen (secondary N) is 1. The van der Waals surface area contributed by atoms with Crippen molar-refractivity contribution in [3.8, 4) is 0 Å². The lowest BCUT2D eigenvalue weighted by Gasteiger charge is -2.34. The monoisotopic (exact) mass is 394 g/mol. The van der Waals surface area contributed by atoms with Gasteiger partial charge in [-0.1, -0.05) is 48.5 Å². The van der Waals surface area contributed by atoms with Gasteiger partial charge in [0, 0.05) is 25.2 Å². The summed E-state index contributed by atoms with van der Waals surface area (Å²) in [6, 6.07) is 16.8. The number of carbonyl (C=O) groups is 2. The van der Waals surface area contributed by atoms with Crippen molar-refractivity contribution >= 4 is 11.8 Å². The molecule has 29 heavy (non-hydrogen) atoms. The average molecular weight is 394 g/mol. The van der Waals surface area contributed by atoms with Crippen LogP contribution >= 0.6 is 0 Å². The highest BCUT2D eigenvalue weighted by Gasteiger charge is 2.58. The molecule has 4 rings (SSSR count). The summed E-state index contributed by atoms with van der Waals surface area (Å²) in [4.78, 5) is 27.6. The highest BCUT2D eigenvalue weighted by atomic mass is 19.1. The van der Waals surface area contributed by atoms with Crippen molar-refractivity contribution in [3.05, 3.63) is 71.5 Å². The molecule has 152 valence electrons. The van der Waals surface area contributed by atoms with Gasteiger partial charge in [-0.2, -0.15) is 0 Å². The van der Waals surface area contributed by atoms with Gasteiger partial charge in [0.1, 0.15) is 11.2 Å². The van der Waals surface area contributed by atoms with E-state index in [0.717, 1.165) is 19.3 Å². The third kappa shape index (κ3) is 4.34. The number of rotatable bonds is 6. The van der Waals surface area contributed by atoms with Crippen LogP contribution in [-0.2, 0) is 22.6 Å². The minimum absolute atomic E-state index is 0.0540. The second-order valence-electron chi connectivity index (χ2n) is 8.28. The predicted octanol–water partition coefficient (Wildman–Crippen LogP) is 3.70. The average Bonchev–Trinajstić information content (AvgIpc) is 3.56. The smallest absolute Gasteiger partial charge is 0.238 e. The van der Waals surface area contributed by atoms with Crippen LogP contribution in [-0.4, -0.2) is 29.8 Å². The van der Waals surface area contributed by atoms with E-state index >= 15 is 0 Å². The van der Waals surface area contributed by atoms with E-state index in [1.54, 1.807) is 18.2 Å². The van der Waals surface area contributed by atoms with E-state index in [-0.39, 0.29) is 24.2 Å². The molecule has 1 aliphatic heterocycles. The Balaban J connectivity index is 1.30. The van der Waals surface area contributed by atoms with Gasteiger partial charge >= 0.3 is 0 Å². The summed E-state index contributed by atoms with van der Waals surface area (Å²) in [7, 11) is 0. The zero-order chi connectivity index (χ0) is 20.3. The summed E-state index contributed by atoms with van der Waals surface area (Å²) in [6.45, 7) is 1.52. The van der Waals surface area contributed by atoms with Gasteiger partial charge in [0.2, 0.25) is 11.8 Å². The van der Waals surface area contributed by atoms with E-state index in [0.29, 0.717) is 37.4 Å². The van der Waals surface area contributed by atoms with E-state index in [1.807, 2.05) is 11.0 Å². The molecule has 2 amide bonds. The number of hydrogen-bond acceptors (Lipinski definition) is 2. The van der Waals surface area contributed by atoms with Crippen LogP contribution in [0.25, 0.3) is 0 Å². The fourth-order valence-corrected chi connectivity index (χ4v) is 4.24. The van der Waals surface area contributed by atoms with Gasteiger partial charge in [-0.05, 0) is 49.7 Å². The van der Waals surface area contributed by atoms with Gasteiger partial charge in [-0.15, -0.1) is 0 Å². The lowest BCUT2D eigenvalue weighted by molar-refractivity contribution is -0.145. The third-order valence-electron chi connectivity index (χ3n) is 6.26. The standard InChI is InChI=1S/C24H27FN2O2/c25-21-9-5-4-8-20(21)17-26-22(28)24(12-13-24)23(29)27-14-10-19(11-15-27)16-18-6-2-1-3-7-18/h1-9,19H,10-17H2,(H,26,28). The summed E-state index contributed by atoms with van der Waals surface area (Å²) in [5.74, 6) is -0.0881. The molecule has 0 radical (unpaired) electrons. The van der Waals surface area contributed by atoms with Crippen LogP contribution in [0.4, 0.5) is 4.39 Å². The topological polar surface area (TPSA) is 49.4 Å². The number of halogens is 1. The first-order valence-electron chi connectivity index (χ1n) is 10.4. The lowest BCUT2D eigenvalue weighted by atomic mass is 9.89. The largest absolute Gasteiger partial charge is 0.351 e. The Morgan fingerprint density at radius 3 is 2.31 bits per heavy atom. The van der Waals surface area contributed by atoms with Gasteiger partial charge in [-0.3, -0.25) is 9.59 Å². The molecule has 0 spiro atoms. The first-order chi connectivity index (χ1) is 14.1. The Kier molecular flexibility index (Phi) is 5.65. The normalized spacial score (nSPS) is 18.3. The highest BCUT2D eigenvalue weighted by molar-refractivity contribution is 6.07. The Morgan fingerprint density at radius 2 is 1.66 bits per heavy atom. The Morgan fingerprint density at radius 1 is 1.00 bits per heavy atom. The van der Waals surface area contributed by atoms with Crippen LogP contribution in [0.5, 0.6) is 0 Å². The number of hydrogen-bond donors (Lipinski definition) is 1. The quantitative estimate of drug-likeness (QED) is 0.760. The van der Waals surface area contributed by atoms with Crippen molar-refractivity contribution in [2.24, 2.45) is 11.3 Å². The molecule has 2 aromatic carbocycles. The molecule has 1 N–H and O–H groups in total. The van der Waals surface area contributed by atoms with Crippen LogP contribution in [0, 0.1) is 17.2 Å². The molecular weight excluding hydrogens is 367 g/mol. The van der Waals surface area contributed by atoms with Crippen LogP contribution in [0.15, 0.2) is 54.6 Å². The number of piperidine rings is 1. The second-order valence-corrected chi connectivity index (χ2v) is 8.28.